The lowest BCUT2D eigenvalue weighted by atomic mass is 10.0. The Morgan fingerprint density at radius 2 is 0.754 bits per heavy atom. The summed E-state index contributed by atoms with van der Waals surface area (Å²) >= 11 is 0. The van der Waals surface area contributed by atoms with E-state index in [-0.39, 0.29) is 24.7 Å². The first kappa shape index (κ1) is 52.6. The predicted octanol–water partition coefficient (Wildman–Crippen LogP) is 1.01. The number of carbonyl (C=O) groups is 4. The fourth-order valence-electron chi connectivity index (χ4n) is 4.50. The highest BCUT2D eigenvalue weighted by Crippen LogP contribution is 2.06. The lowest BCUT2D eigenvalue weighted by Gasteiger charge is -2.13. The molecule has 0 aliphatic carbocycles. The highest BCUT2D eigenvalue weighted by Gasteiger charge is 2.23. The molecule has 0 spiro atoms. The van der Waals surface area contributed by atoms with E-state index in [0.717, 1.165) is 11.3 Å². The van der Waals surface area contributed by atoms with Gasteiger partial charge in [0.25, 0.3) is 11.8 Å². The molecule has 0 saturated heterocycles. The van der Waals surface area contributed by atoms with Crippen molar-refractivity contribution in [2.45, 2.75) is 39.5 Å². The van der Waals surface area contributed by atoms with E-state index in [1.165, 1.54) is 12.2 Å². The maximum atomic E-state index is 11.8. The fourth-order valence-corrected chi connectivity index (χ4v) is 4.50. The molecule has 1 heterocycles. The fraction of sp³-hybridized carbons (Fsp3) is 0.846. The summed E-state index contributed by atoms with van der Waals surface area (Å²) in [6.07, 6.45) is 4.46. The standard InChI is InChI=1S/C39H70N2O16/c1-35(2)3-4-36(42)8-11-46-13-15-48-17-19-50-21-23-52-25-27-54-29-31-56-33-34-57-32-30-55-28-26-53-24-22-51-20-18-49-16-14-47-12-9-40-37(43)7-10-41-38(44)5-6-39(41)45/h5-6,35H,3-4,7-34H2,1-2H3,(H,40,43). The van der Waals surface area contributed by atoms with Gasteiger partial charge in [0.05, 0.1) is 159 Å². The molecular weight excluding hydrogens is 752 g/mol. The van der Waals surface area contributed by atoms with Gasteiger partial charge in [0.15, 0.2) is 0 Å². The Bertz CT molecular complexity index is 1000. The summed E-state index contributed by atoms with van der Waals surface area (Å²) in [4.78, 5) is 47.4. The second-order valence-electron chi connectivity index (χ2n) is 12.8. The molecule has 1 rings (SSSR count). The average Bonchev–Trinajstić information content (AvgIpc) is 3.52. The van der Waals surface area contributed by atoms with Gasteiger partial charge in [-0.2, -0.15) is 0 Å². The van der Waals surface area contributed by atoms with Crippen LogP contribution in [0.2, 0.25) is 0 Å². The minimum absolute atomic E-state index is 0.0494. The number of amides is 3. The van der Waals surface area contributed by atoms with Gasteiger partial charge in [-0.25, -0.2) is 0 Å². The molecular formula is C39H70N2O16. The third-order valence-electron chi connectivity index (χ3n) is 7.65. The first-order valence-corrected chi connectivity index (χ1v) is 20.1. The molecule has 18 nitrogen and oxygen atoms in total. The van der Waals surface area contributed by atoms with E-state index < -0.39 is 11.8 Å². The van der Waals surface area contributed by atoms with E-state index in [2.05, 4.69) is 19.2 Å². The molecule has 0 aromatic heterocycles. The van der Waals surface area contributed by atoms with Crippen LogP contribution >= 0.6 is 0 Å². The van der Waals surface area contributed by atoms with Gasteiger partial charge in [-0.05, 0) is 12.3 Å². The second kappa shape index (κ2) is 40.3. The van der Waals surface area contributed by atoms with Crippen LogP contribution in [0.25, 0.3) is 0 Å². The number of imide groups is 1. The molecule has 57 heavy (non-hydrogen) atoms. The summed E-state index contributed by atoms with van der Waals surface area (Å²) in [5.41, 5.74) is 0. The van der Waals surface area contributed by atoms with Crippen molar-refractivity contribution >= 4 is 23.5 Å². The van der Waals surface area contributed by atoms with E-state index in [4.69, 9.17) is 56.8 Å². The molecule has 0 unspecified atom stereocenters. The Morgan fingerprint density at radius 3 is 1.07 bits per heavy atom. The predicted molar refractivity (Wildman–Crippen MR) is 207 cm³/mol. The summed E-state index contributed by atoms with van der Waals surface area (Å²) in [5.74, 6) is -0.251. The minimum atomic E-state index is -0.399. The van der Waals surface area contributed by atoms with Crippen LogP contribution in [0.3, 0.4) is 0 Å². The number of hydrogen-bond donors (Lipinski definition) is 1. The quantitative estimate of drug-likeness (QED) is 0.0675. The van der Waals surface area contributed by atoms with Crippen LogP contribution < -0.4 is 5.32 Å². The summed E-state index contributed by atoms with van der Waals surface area (Å²) in [6.45, 7) is 15.6. The van der Waals surface area contributed by atoms with E-state index >= 15 is 0 Å². The van der Waals surface area contributed by atoms with Gasteiger partial charge in [-0.3, -0.25) is 24.1 Å². The number of carbonyl (C=O) groups excluding carboxylic acids is 4. The van der Waals surface area contributed by atoms with E-state index in [0.29, 0.717) is 184 Å². The smallest absolute Gasteiger partial charge is 0.253 e. The van der Waals surface area contributed by atoms with Gasteiger partial charge < -0.3 is 62.2 Å². The molecule has 0 saturated carbocycles. The van der Waals surface area contributed by atoms with Crippen molar-refractivity contribution in [3.8, 4) is 0 Å². The number of ketones is 1. The number of nitrogens with one attached hydrogen (secondary N) is 1. The third-order valence-corrected chi connectivity index (χ3v) is 7.65. The zero-order chi connectivity index (χ0) is 41.3. The van der Waals surface area contributed by atoms with Crippen LogP contribution in [-0.4, -0.2) is 200 Å². The van der Waals surface area contributed by atoms with E-state index in [9.17, 15) is 19.2 Å². The number of Topliss-reactive ketones (excluding diaryl/α,β-unsaturated/α-hetero) is 1. The average molecular weight is 823 g/mol. The van der Waals surface area contributed by atoms with Crippen LogP contribution in [0.15, 0.2) is 12.2 Å². The number of ether oxygens (including phenoxy) is 12. The normalized spacial score (nSPS) is 12.8. The Hall–Kier alpha value is -2.46. The first-order chi connectivity index (χ1) is 27.9. The molecule has 0 radical (unpaired) electrons. The van der Waals surface area contributed by atoms with Crippen molar-refractivity contribution in [1.29, 1.82) is 0 Å². The Balaban J connectivity index is 1.64. The van der Waals surface area contributed by atoms with E-state index in [1.807, 2.05) is 0 Å². The maximum Gasteiger partial charge on any atom is 0.253 e. The molecule has 1 aliphatic heterocycles. The number of rotatable bonds is 45. The second-order valence-corrected chi connectivity index (χ2v) is 12.8. The summed E-state index contributed by atoms with van der Waals surface area (Å²) < 4.78 is 65.5. The van der Waals surface area contributed by atoms with Gasteiger partial charge in [0.2, 0.25) is 5.91 Å². The highest BCUT2D eigenvalue weighted by molar-refractivity contribution is 6.13. The van der Waals surface area contributed by atoms with Gasteiger partial charge in [0, 0.05) is 44.5 Å². The molecule has 1 aliphatic rings. The molecule has 0 aromatic rings. The Morgan fingerprint density at radius 1 is 0.456 bits per heavy atom. The zero-order valence-corrected chi connectivity index (χ0v) is 34.4. The first-order valence-electron chi connectivity index (χ1n) is 20.1. The third kappa shape index (κ3) is 36.4. The van der Waals surface area contributed by atoms with Crippen LogP contribution in [0.4, 0.5) is 0 Å². The monoisotopic (exact) mass is 822 g/mol. The summed E-state index contributed by atoms with van der Waals surface area (Å²) in [6, 6.07) is 0. The van der Waals surface area contributed by atoms with Crippen LogP contribution in [-0.2, 0) is 76.0 Å². The lowest BCUT2D eigenvalue weighted by Crippen LogP contribution is -2.35. The Kier molecular flexibility index (Phi) is 37.2. The maximum absolute atomic E-state index is 11.8. The number of hydrogen-bond acceptors (Lipinski definition) is 16. The van der Waals surface area contributed by atoms with Crippen LogP contribution in [0.5, 0.6) is 0 Å². The topological polar surface area (TPSA) is 194 Å². The largest absolute Gasteiger partial charge is 0.379 e. The van der Waals surface area contributed by atoms with Crippen molar-refractivity contribution in [3.05, 3.63) is 12.2 Å². The van der Waals surface area contributed by atoms with Gasteiger partial charge in [-0.1, -0.05) is 13.8 Å². The van der Waals surface area contributed by atoms with E-state index in [1.54, 1.807) is 0 Å². The summed E-state index contributed by atoms with van der Waals surface area (Å²) in [7, 11) is 0. The molecule has 3 amide bonds. The molecule has 0 fully saturated rings. The van der Waals surface area contributed by atoms with Crippen LogP contribution in [0, 0.1) is 5.92 Å². The molecule has 332 valence electrons. The lowest BCUT2D eigenvalue weighted by molar-refractivity contribution is -0.137. The highest BCUT2D eigenvalue weighted by atomic mass is 16.6. The Labute approximate surface area is 338 Å². The van der Waals surface area contributed by atoms with Crippen molar-refractivity contribution < 1.29 is 76.0 Å². The van der Waals surface area contributed by atoms with Crippen molar-refractivity contribution in [1.82, 2.24) is 10.2 Å². The van der Waals surface area contributed by atoms with Crippen molar-refractivity contribution in [3.63, 3.8) is 0 Å². The summed E-state index contributed by atoms with van der Waals surface area (Å²) in [5, 5.41) is 2.68. The molecule has 0 aromatic carbocycles. The molecule has 1 N–H and O–H groups in total. The minimum Gasteiger partial charge on any atom is -0.379 e. The molecule has 0 atom stereocenters. The van der Waals surface area contributed by atoms with Gasteiger partial charge in [-0.15, -0.1) is 0 Å². The molecule has 18 heteroatoms. The van der Waals surface area contributed by atoms with Crippen molar-refractivity contribution in [2.75, 3.05) is 172 Å². The van der Waals surface area contributed by atoms with Gasteiger partial charge in [0.1, 0.15) is 5.78 Å². The van der Waals surface area contributed by atoms with Gasteiger partial charge >= 0.3 is 0 Å². The number of nitrogens with zero attached hydrogens (tertiary/aromatic N) is 1. The molecule has 0 bridgehead atoms. The zero-order valence-electron chi connectivity index (χ0n) is 34.4. The van der Waals surface area contributed by atoms with Crippen molar-refractivity contribution in [2.24, 2.45) is 5.92 Å². The SMILES string of the molecule is CC(C)CCC(=O)CCOCCOCCOCCOCCOCCOCCOCCOCCOCCOCCOCCOCCNC(=O)CCN1C(=O)C=CC1=O. The van der Waals surface area contributed by atoms with Crippen LogP contribution in [0.1, 0.15) is 39.5 Å².